The molecule has 0 saturated carbocycles. The van der Waals surface area contributed by atoms with Crippen molar-refractivity contribution in [2.45, 2.75) is 26.4 Å². The van der Waals surface area contributed by atoms with E-state index in [-0.39, 0.29) is 0 Å². The Balaban J connectivity index is 2.06. The molecule has 19 heavy (non-hydrogen) atoms. The SMILES string of the molecule is CCCNCc1ccnn1Cc1ccc(Cl)c(Cl)c1. The summed E-state index contributed by atoms with van der Waals surface area (Å²) < 4.78 is 1.97. The van der Waals surface area contributed by atoms with E-state index in [0.717, 1.165) is 25.1 Å². The summed E-state index contributed by atoms with van der Waals surface area (Å²) in [5.41, 5.74) is 2.26. The molecule has 102 valence electrons. The van der Waals surface area contributed by atoms with Crippen LogP contribution in [0.1, 0.15) is 24.6 Å². The Bertz CT molecular complexity index is 537. The molecule has 0 unspecified atom stereocenters. The lowest BCUT2D eigenvalue weighted by atomic mass is 10.2. The van der Waals surface area contributed by atoms with Crippen LogP contribution in [0.25, 0.3) is 0 Å². The van der Waals surface area contributed by atoms with Crippen molar-refractivity contribution >= 4 is 23.2 Å². The summed E-state index contributed by atoms with van der Waals surface area (Å²) in [5, 5.41) is 8.88. The summed E-state index contributed by atoms with van der Waals surface area (Å²) in [4.78, 5) is 0. The van der Waals surface area contributed by atoms with Crippen molar-refractivity contribution in [2.24, 2.45) is 0 Å². The van der Waals surface area contributed by atoms with Crippen molar-refractivity contribution in [3.8, 4) is 0 Å². The highest BCUT2D eigenvalue weighted by atomic mass is 35.5. The van der Waals surface area contributed by atoms with E-state index in [0.29, 0.717) is 16.6 Å². The quantitative estimate of drug-likeness (QED) is 0.823. The van der Waals surface area contributed by atoms with Crippen LogP contribution < -0.4 is 5.32 Å². The fourth-order valence-corrected chi connectivity index (χ4v) is 2.18. The van der Waals surface area contributed by atoms with Gasteiger partial charge < -0.3 is 5.32 Å². The van der Waals surface area contributed by atoms with Crippen LogP contribution in [0.4, 0.5) is 0 Å². The summed E-state index contributed by atoms with van der Waals surface area (Å²) in [6.45, 7) is 4.69. The zero-order chi connectivity index (χ0) is 13.7. The lowest BCUT2D eigenvalue weighted by Crippen LogP contribution is -2.17. The minimum absolute atomic E-state index is 0.579. The molecule has 0 radical (unpaired) electrons. The minimum Gasteiger partial charge on any atom is -0.311 e. The first-order valence-corrected chi connectivity index (χ1v) is 7.11. The fraction of sp³-hybridized carbons (Fsp3) is 0.357. The van der Waals surface area contributed by atoms with Gasteiger partial charge in [0, 0.05) is 12.7 Å². The largest absolute Gasteiger partial charge is 0.311 e. The Labute approximate surface area is 123 Å². The predicted octanol–water partition coefficient (Wildman–Crippen LogP) is 3.74. The number of hydrogen-bond donors (Lipinski definition) is 1. The van der Waals surface area contributed by atoms with Gasteiger partial charge >= 0.3 is 0 Å². The Morgan fingerprint density at radius 2 is 2.05 bits per heavy atom. The highest BCUT2D eigenvalue weighted by molar-refractivity contribution is 6.42. The molecule has 2 aromatic rings. The van der Waals surface area contributed by atoms with E-state index in [1.165, 1.54) is 5.69 Å². The van der Waals surface area contributed by atoms with E-state index in [2.05, 4.69) is 17.3 Å². The van der Waals surface area contributed by atoms with Crippen LogP contribution in [0.15, 0.2) is 30.5 Å². The molecule has 1 aromatic carbocycles. The van der Waals surface area contributed by atoms with Crippen LogP contribution in [0.2, 0.25) is 10.0 Å². The first-order valence-electron chi connectivity index (χ1n) is 6.36. The third-order valence-electron chi connectivity index (χ3n) is 2.85. The van der Waals surface area contributed by atoms with Gasteiger partial charge in [0.1, 0.15) is 0 Å². The van der Waals surface area contributed by atoms with Crippen LogP contribution in [0.5, 0.6) is 0 Å². The maximum absolute atomic E-state index is 6.02. The molecule has 1 aromatic heterocycles. The number of nitrogens with zero attached hydrogens (tertiary/aromatic N) is 2. The molecule has 3 nitrogen and oxygen atoms in total. The van der Waals surface area contributed by atoms with E-state index in [1.807, 2.05) is 35.1 Å². The molecule has 0 spiro atoms. The highest BCUT2D eigenvalue weighted by Crippen LogP contribution is 2.23. The molecule has 2 rings (SSSR count). The van der Waals surface area contributed by atoms with Crippen molar-refractivity contribution < 1.29 is 0 Å². The van der Waals surface area contributed by atoms with Gasteiger partial charge in [0.25, 0.3) is 0 Å². The Morgan fingerprint density at radius 1 is 1.21 bits per heavy atom. The number of rotatable bonds is 6. The fourth-order valence-electron chi connectivity index (χ4n) is 1.86. The molecular formula is C14H17Cl2N3. The van der Waals surface area contributed by atoms with Gasteiger partial charge in [-0.2, -0.15) is 5.10 Å². The molecule has 0 saturated heterocycles. The summed E-state index contributed by atoms with van der Waals surface area (Å²) >= 11 is 11.9. The van der Waals surface area contributed by atoms with Crippen molar-refractivity contribution in [2.75, 3.05) is 6.54 Å². The molecule has 0 aliphatic heterocycles. The van der Waals surface area contributed by atoms with Gasteiger partial charge in [-0.1, -0.05) is 36.2 Å². The maximum Gasteiger partial charge on any atom is 0.0663 e. The second-order valence-corrected chi connectivity index (χ2v) is 5.22. The van der Waals surface area contributed by atoms with Crippen molar-refractivity contribution in [1.29, 1.82) is 0 Å². The number of hydrogen-bond acceptors (Lipinski definition) is 2. The predicted molar refractivity (Wildman–Crippen MR) is 79.8 cm³/mol. The molecule has 0 amide bonds. The van der Waals surface area contributed by atoms with Gasteiger partial charge in [-0.05, 0) is 36.7 Å². The Hall–Kier alpha value is -1.03. The molecular weight excluding hydrogens is 281 g/mol. The molecule has 0 bridgehead atoms. The number of benzene rings is 1. The lowest BCUT2D eigenvalue weighted by molar-refractivity contribution is 0.592. The van der Waals surface area contributed by atoms with Crippen LogP contribution in [0.3, 0.4) is 0 Å². The first-order chi connectivity index (χ1) is 9.20. The second kappa shape index (κ2) is 6.94. The smallest absolute Gasteiger partial charge is 0.0663 e. The Morgan fingerprint density at radius 3 is 2.79 bits per heavy atom. The average molecular weight is 298 g/mol. The standard InChI is InChI=1S/C14H17Cl2N3/c1-2-6-17-9-12-5-7-18-19(12)10-11-3-4-13(15)14(16)8-11/h3-5,7-8,17H,2,6,9-10H2,1H3. The zero-order valence-corrected chi connectivity index (χ0v) is 12.4. The van der Waals surface area contributed by atoms with Crippen molar-refractivity contribution in [3.63, 3.8) is 0 Å². The van der Waals surface area contributed by atoms with E-state index in [4.69, 9.17) is 23.2 Å². The minimum atomic E-state index is 0.579. The van der Waals surface area contributed by atoms with Crippen LogP contribution in [-0.2, 0) is 13.1 Å². The van der Waals surface area contributed by atoms with Crippen LogP contribution >= 0.6 is 23.2 Å². The third kappa shape index (κ3) is 3.96. The van der Waals surface area contributed by atoms with E-state index < -0.39 is 0 Å². The third-order valence-corrected chi connectivity index (χ3v) is 3.59. The number of halogens is 2. The monoisotopic (exact) mass is 297 g/mol. The van der Waals surface area contributed by atoms with Gasteiger partial charge in [0.05, 0.1) is 22.3 Å². The summed E-state index contributed by atoms with van der Waals surface area (Å²) in [5.74, 6) is 0. The van der Waals surface area contributed by atoms with Gasteiger partial charge in [0.2, 0.25) is 0 Å². The van der Waals surface area contributed by atoms with Crippen molar-refractivity contribution in [3.05, 3.63) is 51.8 Å². The van der Waals surface area contributed by atoms with Gasteiger partial charge in [-0.25, -0.2) is 0 Å². The average Bonchev–Trinajstić information content (AvgIpc) is 2.82. The number of nitrogens with one attached hydrogen (secondary N) is 1. The lowest BCUT2D eigenvalue weighted by Gasteiger charge is -2.09. The summed E-state index contributed by atoms with van der Waals surface area (Å²) in [6, 6.07) is 7.70. The zero-order valence-electron chi connectivity index (χ0n) is 10.9. The van der Waals surface area contributed by atoms with Crippen LogP contribution in [0, 0.1) is 0 Å². The first kappa shape index (κ1) is 14.4. The highest BCUT2D eigenvalue weighted by Gasteiger charge is 2.05. The summed E-state index contributed by atoms with van der Waals surface area (Å²) in [6.07, 6.45) is 2.95. The number of aromatic nitrogens is 2. The molecule has 5 heteroatoms. The molecule has 0 aliphatic carbocycles. The van der Waals surface area contributed by atoms with Gasteiger partial charge in [-0.15, -0.1) is 0 Å². The molecule has 0 atom stereocenters. The Kier molecular flexibility index (Phi) is 5.25. The van der Waals surface area contributed by atoms with Gasteiger partial charge in [-0.3, -0.25) is 4.68 Å². The van der Waals surface area contributed by atoms with Gasteiger partial charge in [0.15, 0.2) is 0 Å². The maximum atomic E-state index is 6.02. The molecule has 0 fully saturated rings. The molecule has 1 heterocycles. The molecule has 1 N–H and O–H groups in total. The molecule has 0 aliphatic rings. The summed E-state index contributed by atoms with van der Waals surface area (Å²) in [7, 11) is 0. The van der Waals surface area contributed by atoms with Crippen molar-refractivity contribution in [1.82, 2.24) is 15.1 Å². The van der Waals surface area contributed by atoms with E-state index >= 15 is 0 Å². The topological polar surface area (TPSA) is 29.9 Å². The normalized spacial score (nSPS) is 10.9. The van der Waals surface area contributed by atoms with E-state index in [9.17, 15) is 0 Å². The van der Waals surface area contributed by atoms with Crippen LogP contribution in [-0.4, -0.2) is 16.3 Å². The second-order valence-electron chi connectivity index (χ2n) is 4.41. The van der Waals surface area contributed by atoms with E-state index in [1.54, 1.807) is 0 Å².